The highest BCUT2D eigenvalue weighted by molar-refractivity contribution is 5.76. The lowest BCUT2D eigenvalue weighted by Gasteiger charge is -2.65. The van der Waals surface area contributed by atoms with E-state index in [9.17, 15) is 4.79 Å². The van der Waals surface area contributed by atoms with E-state index >= 15 is 0 Å². The molecule has 0 amide bonds. The van der Waals surface area contributed by atoms with Gasteiger partial charge in [0.15, 0.2) is 0 Å². The van der Waals surface area contributed by atoms with E-state index in [1.807, 2.05) is 26.0 Å². The molecule has 4 aliphatic rings. The monoisotopic (exact) mass is 490 g/mol. The molecular formula is C32H42O4. The molecule has 194 valence electrons. The lowest BCUT2D eigenvalue weighted by molar-refractivity contribution is -0.301. The molecule has 0 heterocycles. The Hall–Kier alpha value is -2.17. The van der Waals surface area contributed by atoms with Gasteiger partial charge in [0, 0.05) is 19.3 Å². The summed E-state index contributed by atoms with van der Waals surface area (Å²) in [4.78, 5) is 13.4. The summed E-state index contributed by atoms with van der Waals surface area (Å²) >= 11 is 0. The van der Waals surface area contributed by atoms with Gasteiger partial charge in [-0.05, 0) is 70.4 Å². The first-order chi connectivity index (χ1) is 17.1. The molecule has 0 spiro atoms. The van der Waals surface area contributed by atoms with Crippen molar-refractivity contribution in [3.05, 3.63) is 71.8 Å². The second-order valence-corrected chi connectivity index (χ2v) is 12.5. The van der Waals surface area contributed by atoms with E-state index < -0.39 is 11.0 Å². The number of hydrogen-bond donors (Lipinski definition) is 0. The summed E-state index contributed by atoms with van der Waals surface area (Å²) in [6.45, 7) is 10.3. The van der Waals surface area contributed by atoms with Gasteiger partial charge >= 0.3 is 5.97 Å². The number of carbonyl (C=O) groups is 1. The number of rotatable bonds is 9. The molecule has 4 nitrogen and oxygen atoms in total. The van der Waals surface area contributed by atoms with E-state index in [4.69, 9.17) is 14.2 Å². The third-order valence-electron chi connectivity index (χ3n) is 9.05. The average Bonchev–Trinajstić information content (AvgIpc) is 2.83. The average molecular weight is 491 g/mol. The highest BCUT2D eigenvalue weighted by Crippen LogP contribution is 2.64. The van der Waals surface area contributed by atoms with E-state index in [-0.39, 0.29) is 29.4 Å². The van der Waals surface area contributed by atoms with Gasteiger partial charge in [0.1, 0.15) is 5.60 Å². The second-order valence-electron chi connectivity index (χ2n) is 12.5. The Labute approximate surface area is 216 Å². The van der Waals surface area contributed by atoms with Gasteiger partial charge in [-0.3, -0.25) is 4.79 Å². The number of hydrogen-bond acceptors (Lipinski definition) is 4. The van der Waals surface area contributed by atoms with Gasteiger partial charge < -0.3 is 14.2 Å². The van der Waals surface area contributed by atoms with E-state index in [1.54, 1.807) is 0 Å². The van der Waals surface area contributed by atoms with E-state index in [2.05, 4.69) is 69.3 Å². The van der Waals surface area contributed by atoms with Crippen LogP contribution in [0.1, 0.15) is 103 Å². The van der Waals surface area contributed by atoms with Gasteiger partial charge in [-0.25, -0.2) is 0 Å². The van der Waals surface area contributed by atoms with Crippen LogP contribution in [-0.4, -0.2) is 22.8 Å². The molecule has 4 atom stereocenters. The molecule has 4 fully saturated rings. The predicted molar refractivity (Wildman–Crippen MR) is 141 cm³/mol. The van der Waals surface area contributed by atoms with Crippen molar-refractivity contribution in [1.29, 1.82) is 0 Å². The molecule has 0 saturated heterocycles. The largest absolute Gasteiger partial charge is 0.458 e. The number of benzene rings is 2. The summed E-state index contributed by atoms with van der Waals surface area (Å²) in [5.41, 5.74) is 0.609. The fraction of sp³-hybridized carbons (Fsp3) is 0.594. The Morgan fingerprint density at radius 1 is 0.806 bits per heavy atom. The Balaban J connectivity index is 1.47. The zero-order valence-corrected chi connectivity index (χ0v) is 22.6. The minimum atomic E-state index is -0.532. The standard InChI is InChI=1S/C32H42O4/c1-6-29(4,5)28(33)36-32-19-25-17-30(21-32,34-23(2)26-13-9-7-10-14-26)20-31(18-25,22-32)35-24(3)27-15-11-8-12-16-27/h7-16,23-25H,6,17-22H2,1-5H3. The van der Waals surface area contributed by atoms with Crippen molar-refractivity contribution in [2.75, 3.05) is 0 Å². The molecule has 6 rings (SSSR count). The summed E-state index contributed by atoms with van der Waals surface area (Å²) in [5, 5.41) is 0. The van der Waals surface area contributed by atoms with Crippen LogP contribution in [0.25, 0.3) is 0 Å². The van der Waals surface area contributed by atoms with Crippen molar-refractivity contribution in [2.24, 2.45) is 11.3 Å². The van der Waals surface area contributed by atoms with Crippen LogP contribution in [0.2, 0.25) is 0 Å². The first-order valence-corrected chi connectivity index (χ1v) is 13.8. The van der Waals surface area contributed by atoms with Crippen LogP contribution in [0, 0.1) is 11.3 Å². The van der Waals surface area contributed by atoms with Gasteiger partial charge in [0.2, 0.25) is 0 Å². The van der Waals surface area contributed by atoms with Crippen LogP contribution in [0.15, 0.2) is 60.7 Å². The van der Waals surface area contributed by atoms with Crippen LogP contribution in [0.3, 0.4) is 0 Å². The molecule has 4 heteroatoms. The van der Waals surface area contributed by atoms with Crippen molar-refractivity contribution < 1.29 is 19.0 Å². The topological polar surface area (TPSA) is 44.8 Å². The summed E-state index contributed by atoms with van der Waals surface area (Å²) in [5.74, 6) is 0.328. The second kappa shape index (κ2) is 9.29. The molecule has 4 saturated carbocycles. The predicted octanol–water partition coefficient (Wildman–Crippen LogP) is 7.74. The highest BCUT2D eigenvalue weighted by Gasteiger charge is 2.67. The van der Waals surface area contributed by atoms with Crippen molar-refractivity contribution in [3.63, 3.8) is 0 Å². The molecule has 0 radical (unpaired) electrons. The third kappa shape index (κ3) is 4.87. The van der Waals surface area contributed by atoms with E-state index in [0.717, 1.165) is 44.9 Å². The number of carbonyl (C=O) groups excluding carboxylic acids is 1. The zero-order valence-electron chi connectivity index (χ0n) is 22.6. The normalized spacial score (nSPS) is 32.8. The van der Waals surface area contributed by atoms with E-state index in [1.165, 1.54) is 11.1 Å². The van der Waals surface area contributed by atoms with Crippen molar-refractivity contribution >= 4 is 5.97 Å². The fourth-order valence-corrected chi connectivity index (χ4v) is 7.37. The molecule has 0 N–H and O–H groups in total. The maximum Gasteiger partial charge on any atom is 0.312 e. The fourth-order valence-electron chi connectivity index (χ4n) is 7.37. The molecule has 0 aromatic heterocycles. The number of esters is 1. The molecule has 4 aliphatic carbocycles. The summed E-state index contributed by atoms with van der Waals surface area (Å²) in [7, 11) is 0. The zero-order chi connectivity index (χ0) is 25.6. The van der Waals surface area contributed by atoms with Gasteiger partial charge in [-0.15, -0.1) is 0 Å². The van der Waals surface area contributed by atoms with Crippen molar-refractivity contribution in [2.45, 2.75) is 109 Å². The summed E-state index contributed by atoms with van der Waals surface area (Å²) in [6, 6.07) is 20.9. The Morgan fingerprint density at radius 2 is 1.22 bits per heavy atom. The molecule has 2 aromatic rings. The first kappa shape index (κ1) is 25.5. The van der Waals surface area contributed by atoms with Crippen LogP contribution in [-0.2, 0) is 19.0 Å². The van der Waals surface area contributed by atoms with Crippen LogP contribution in [0.4, 0.5) is 0 Å². The smallest absolute Gasteiger partial charge is 0.312 e. The minimum absolute atomic E-state index is 0.0362. The van der Waals surface area contributed by atoms with Crippen LogP contribution >= 0.6 is 0 Å². The molecule has 4 bridgehead atoms. The van der Waals surface area contributed by atoms with Crippen molar-refractivity contribution in [3.8, 4) is 0 Å². The highest BCUT2D eigenvalue weighted by atomic mass is 16.6. The maximum absolute atomic E-state index is 13.4. The van der Waals surface area contributed by atoms with Gasteiger partial charge in [-0.1, -0.05) is 67.6 Å². The van der Waals surface area contributed by atoms with Gasteiger partial charge in [0.05, 0.1) is 28.8 Å². The quantitative estimate of drug-likeness (QED) is 0.337. The minimum Gasteiger partial charge on any atom is -0.458 e. The van der Waals surface area contributed by atoms with E-state index in [0.29, 0.717) is 5.92 Å². The lowest BCUT2D eigenvalue weighted by atomic mass is 9.50. The molecule has 4 unspecified atom stereocenters. The first-order valence-electron chi connectivity index (χ1n) is 13.8. The Morgan fingerprint density at radius 3 is 1.67 bits per heavy atom. The number of ether oxygens (including phenoxy) is 3. The summed E-state index contributed by atoms with van der Waals surface area (Å²) in [6.07, 6.45) is 5.96. The molecule has 36 heavy (non-hydrogen) atoms. The third-order valence-corrected chi connectivity index (χ3v) is 9.05. The van der Waals surface area contributed by atoms with Crippen LogP contribution < -0.4 is 0 Å². The van der Waals surface area contributed by atoms with Gasteiger partial charge in [-0.2, -0.15) is 0 Å². The SMILES string of the molecule is CCC(C)(C)C(=O)OC12CC3CC(OC(C)c4ccccc4)(C1)CC(OC(C)c1ccccc1)(C3)C2. The van der Waals surface area contributed by atoms with Crippen molar-refractivity contribution in [1.82, 2.24) is 0 Å². The molecule has 2 aromatic carbocycles. The maximum atomic E-state index is 13.4. The summed E-state index contributed by atoms with van der Waals surface area (Å²) < 4.78 is 20.5. The lowest BCUT2D eigenvalue weighted by Crippen LogP contribution is -2.68. The molecular weight excluding hydrogens is 448 g/mol. The Kier molecular flexibility index (Phi) is 6.58. The Bertz CT molecular complexity index is 999. The van der Waals surface area contributed by atoms with Gasteiger partial charge in [0.25, 0.3) is 0 Å². The molecule has 0 aliphatic heterocycles. The van der Waals surface area contributed by atoms with Crippen LogP contribution in [0.5, 0.6) is 0 Å².